The molecule has 0 aromatic rings. The van der Waals surface area contributed by atoms with Crippen molar-refractivity contribution >= 4 is 5.91 Å². The zero-order chi connectivity index (χ0) is 11.5. The van der Waals surface area contributed by atoms with Crippen molar-refractivity contribution in [1.29, 1.82) is 5.26 Å². The molecule has 0 unspecified atom stereocenters. The predicted molar refractivity (Wildman–Crippen MR) is 58.3 cm³/mol. The fourth-order valence-electron chi connectivity index (χ4n) is 2.44. The van der Waals surface area contributed by atoms with E-state index in [0.29, 0.717) is 19.5 Å². The number of nitriles is 1. The lowest BCUT2D eigenvalue weighted by molar-refractivity contribution is -0.134. The number of nitrogens with zero attached hydrogens (tertiary/aromatic N) is 2. The van der Waals surface area contributed by atoms with E-state index in [9.17, 15) is 9.90 Å². The van der Waals surface area contributed by atoms with Gasteiger partial charge in [-0.1, -0.05) is 12.8 Å². The molecule has 0 aromatic heterocycles. The van der Waals surface area contributed by atoms with E-state index in [1.807, 2.05) is 6.07 Å². The van der Waals surface area contributed by atoms with Gasteiger partial charge in [-0.2, -0.15) is 5.26 Å². The summed E-state index contributed by atoms with van der Waals surface area (Å²) in [6, 6.07) is 1.89. The molecular formula is C12H18N2O2. The number of hydrogen-bond donors (Lipinski definition) is 1. The number of rotatable bonds is 3. The first-order chi connectivity index (χ1) is 7.70. The van der Waals surface area contributed by atoms with E-state index >= 15 is 0 Å². The molecule has 0 aromatic carbocycles. The Balaban J connectivity index is 1.87. The highest BCUT2D eigenvalue weighted by Gasteiger charge is 2.34. The molecule has 4 nitrogen and oxygen atoms in total. The second kappa shape index (κ2) is 4.84. The third kappa shape index (κ3) is 2.73. The number of amides is 1. The Labute approximate surface area is 95.9 Å². The van der Waals surface area contributed by atoms with E-state index in [2.05, 4.69) is 0 Å². The first-order valence-corrected chi connectivity index (χ1v) is 6.03. The van der Waals surface area contributed by atoms with Crippen LogP contribution in [0.3, 0.4) is 0 Å². The topological polar surface area (TPSA) is 64.3 Å². The third-order valence-electron chi connectivity index (χ3n) is 3.61. The summed E-state index contributed by atoms with van der Waals surface area (Å²) in [4.78, 5) is 13.3. The average molecular weight is 222 g/mol. The summed E-state index contributed by atoms with van der Waals surface area (Å²) in [6.45, 7) is 1.24. The van der Waals surface area contributed by atoms with Gasteiger partial charge in [0.25, 0.3) is 0 Å². The smallest absolute Gasteiger partial charge is 0.236 e. The van der Waals surface area contributed by atoms with Gasteiger partial charge in [-0.05, 0) is 18.8 Å². The second-order valence-electron chi connectivity index (χ2n) is 4.97. The van der Waals surface area contributed by atoms with Crippen LogP contribution in [0.5, 0.6) is 0 Å². The summed E-state index contributed by atoms with van der Waals surface area (Å²) in [5, 5.41) is 18.4. The molecular weight excluding hydrogens is 204 g/mol. The van der Waals surface area contributed by atoms with E-state index in [-0.39, 0.29) is 24.3 Å². The maximum absolute atomic E-state index is 11.6. The number of aliphatic hydroxyl groups is 1. The normalized spacial score (nSPS) is 29.9. The molecule has 0 bridgehead atoms. The van der Waals surface area contributed by atoms with Gasteiger partial charge >= 0.3 is 0 Å². The van der Waals surface area contributed by atoms with Crippen molar-refractivity contribution in [2.75, 3.05) is 13.1 Å². The molecule has 1 saturated heterocycles. The van der Waals surface area contributed by atoms with E-state index in [4.69, 9.17) is 5.26 Å². The van der Waals surface area contributed by atoms with Crippen molar-refractivity contribution < 1.29 is 9.90 Å². The summed E-state index contributed by atoms with van der Waals surface area (Å²) in [6.07, 6.45) is 3.95. The van der Waals surface area contributed by atoms with Crippen LogP contribution in [0.2, 0.25) is 0 Å². The van der Waals surface area contributed by atoms with Crippen LogP contribution < -0.4 is 0 Å². The maximum atomic E-state index is 11.6. The van der Waals surface area contributed by atoms with Crippen LogP contribution in [0.15, 0.2) is 0 Å². The van der Waals surface area contributed by atoms with Crippen molar-refractivity contribution in [3.63, 3.8) is 0 Å². The van der Waals surface area contributed by atoms with Crippen LogP contribution in [-0.2, 0) is 4.79 Å². The highest BCUT2D eigenvalue weighted by Crippen LogP contribution is 2.37. The van der Waals surface area contributed by atoms with Gasteiger partial charge in [-0.3, -0.25) is 4.79 Å². The van der Waals surface area contributed by atoms with Crippen LogP contribution in [-0.4, -0.2) is 35.1 Å². The van der Waals surface area contributed by atoms with Gasteiger partial charge in [-0.25, -0.2) is 0 Å². The number of likely N-dealkylation sites (tertiary alicyclic amines) is 1. The lowest BCUT2D eigenvalue weighted by Crippen LogP contribution is -2.46. The second-order valence-corrected chi connectivity index (χ2v) is 4.97. The molecule has 16 heavy (non-hydrogen) atoms. The summed E-state index contributed by atoms with van der Waals surface area (Å²) >= 11 is 0. The van der Waals surface area contributed by atoms with Crippen LogP contribution in [0.4, 0.5) is 0 Å². The molecule has 2 rings (SSSR count). The Hall–Kier alpha value is -1.08. The molecule has 88 valence electrons. The number of carbonyl (C=O) groups is 1. The molecule has 1 heterocycles. The standard InChI is InChI=1S/C12H18N2O2/c13-5-3-12(16)14-6-4-11(15)10(8-14)7-9-1-2-9/h9-11,15H,1-4,6-8H2/t10-,11+/m1/s1. The highest BCUT2D eigenvalue weighted by atomic mass is 16.3. The minimum absolute atomic E-state index is 0.0355. The fourth-order valence-corrected chi connectivity index (χ4v) is 2.44. The lowest BCUT2D eigenvalue weighted by Gasteiger charge is -2.36. The summed E-state index contributed by atoms with van der Waals surface area (Å²) in [5.41, 5.74) is 0. The van der Waals surface area contributed by atoms with Crippen LogP contribution >= 0.6 is 0 Å². The van der Waals surface area contributed by atoms with Gasteiger partial charge in [0.2, 0.25) is 5.91 Å². The largest absolute Gasteiger partial charge is 0.393 e. The number of hydrogen-bond acceptors (Lipinski definition) is 3. The first kappa shape index (κ1) is 11.4. The van der Waals surface area contributed by atoms with Crippen LogP contribution in [0, 0.1) is 23.2 Å². The Morgan fingerprint density at radius 1 is 1.44 bits per heavy atom. The molecule has 1 aliphatic carbocycles. The van der Waals surface area contributed by atoms with E-state index < -0.39 is 0 Å². The maximum Gasteiger partial charge on any atom is 0.236 e. The molecule has 1 saturated carbocycles. The minimum atomic E-state index is -0.258. The zero-order valence-electron chi connectivity index (χ0n) is 9.43. The van der Waals surface area contributed by atoms with Gasteiger partial charge in [0.15, 0.2) is 0 Å². The lowest BCUT2D eigenvalue weighted by atomic mass is 9.89. The first-order valence-electron chi connectivity index (χ1n) is 6.03. The Bertz CT molecular complexity index is 307. The van der Waals surface area contributed by atoms with Gasteiger partial charge in [0.05, 0.1) is 12.2 Å². The van der Waals surface area contributed by atoms with Crippen LogP contribution in [0.25, 0.3) is 0 Å². The molecule has 0 radical (unpaired) electrons. The van der Waals surface area contributed by atoms with Gasteiger partial charge in [-0.15, -0.1) is 0 Å². The van der Waals surface area contributed by atoms with E-state index in [1.165, 1.54) is 12.8 Å². The molecule has 1 N–H and O–H groups in total. The Kier molecular flexibility index (Phi) is 3.45. The van der Waals surface area contributed by atoms with Crippen molar-refractivity contribution in [3.05, 3.63) is 0 Å². The summed E-state index contributed by atoms with van der Waals surface area (Å²) < 4.78 is 0. The van der Waals surface area contributed by atoms with Gasteiger partial charge < -0.3 is 10.0 Å². The van der Waals surface area contributed by atoms with E-state index in [1.54, 1.807) is 4.90 Å². The average Bonchev–Trinajstić information content (AvgIpc) is 3.05. The van der Waals surface area contributed by atoms with Crippen molar-refractivity contribution in [1.82, 2.24) is 4.90 Å². The quantitative estimate of drug-likeness (QED) is 0.772. The highest BCUT2D eigenvalue weighted by molar-refractivity contribution is 5.78. The number of carbonyl (C=O) groups excluding carboxylic acids is 1. The molecule has 2 aliphatic rings. The monoisotopic (exact) mass is 222 g/mol. The molecule has 4 heteroatoms. The number of aliphatic hydroxyl groups excluding tert-OH is 1. The third-order valence-corrected chi connectivity index (χ3v) is 3.61. The van der Waals surface area contributed by atoms with Gasteiger partial charge in [0, 0.05) is 19.0 Å². The zero-order valence-corrected chi connectivity index (χ0v) is 9.43. The van der Waals surface area contributed by atoms with Crippen LogP contribution in [0.1, 0.15) is 32.1 Å². The molecule has 2 atom stereocenters. The van der Waals surface area contributed by atoms with Crippen molar-refractivity contribution in [2.24, 2.45) is 11.8 Å². The predicted octanol–water partition coefficient (Wildman–Crippen LogP) is 0.910. The molecule has 0 spiro atoms. The Morgan fingerprint density at radius 3 is 2.81 bits per heavy atom. The van der Waals surface area contributed by atoms with Crippen molar-refractivity contribution in [3.8, 4) is 6.07 Å². The minimum Gasteiger partial charge on any atom is -0.393 e. The summed E-state index contributed by atoms with van der Waals surface area (Å²) in [7, 11) is 0. The molecule has 1 aliphatic heterocycles. The van der Waals surface area contributed by atoms with E-state index in [0.717, 1.165) is 12.3 Å². The Morgan fingerprint density at radius 2 is 2.19 bits per heavy atom. The summed E-state index contributed by atoms with van der Waals surface area (Å²) in [5.74, 6) is 0.907. The molecule has 1 amide bonds. The van der Waals surface area contributed by atoms with Crippen molar-refractivity contribution in [2.45, 2.75) is 38.2 Å². The number of piperidine rings is 1. The molecule has 2 fully saturated rings. The SMILES string of the molecule is N#CCC(=O)N1CC[C@H](O)[C@H](CC2CC2)C1. The van der Waals surface area contributed by atoms with Gasteiger partial charge in [0.1, 0.15) is 6.42 Å². The fraction of sp³-hybridized carbons (Fsp3) is 0.833.